The van der Waals surface area contributed by atoms with Gasteiger partial charge in [-0.2, -0.15) is 0 Å². The third kappa shape index (κ3) is 2.20. The van der Waals surface area contributed by atoms with Gasteiger partial charge in [0.2, 0.25) is 0 Å². The van der Waals surface area contributed by atoms with E-state index in [0.717, 1.165) is 15.8 Å². The lowest BCUT2D eigenvalue weighted by Gasteiger charge is -1.97. The standard InChI is InChI=1S/C14H13BrO2/c1-3-11(16)12-9(2)17-14(13(12)15)10-7-5-4-6-8-10/h4-8H,3H2,1-2H3. The summed E-state index contributed by atoms with van der Waals surface area (Å²) in [4.78, 5) is 11.8. The fourth-order valence-electron chi connectivity index (χ4n) is 1.79. The van der Waals surface area contributed by atoms with Gasteiger partial charge in [-0.15, -0.1) is 0 Å². The van der Waals surface area contributed by atoms with Gasteiger partial charge in [-0.05, 0) is 22.9 Å². The normalized spacial score (nSPS) is 10.5. The second kappa shape index (κ2) is 4.88. The Kier molecular flexibility index (Phi) is 3.48. The summed E-state index contributed by atoms with van der Waals surface area (Å²) in [5.74, 6) is 1.49. The number of hydrogen-bond donors (Lipinski definition) is 0. The van der Waals surface area contributed by atoms with Crippen LogP contribution in [0.1, 0.15) is 29.5 Å². The molecule has 0 unspecified atom stereocenters. The molecule has 1 aromatic heterocycles. The van der Waals surface area contributed by atoms with E-state index in [1.807, 2.05) is 44.2 Å². The Labute approximate surface area is 109 Å². The molecule has 2 aromatic rings. The summed E-state index contributed by atoms with van der Waals surface area (Å²) in [6.07, 6.45) is 0.479. The van der Waals surface area contributed by atoms with E-state index in [2.05, 4.69) is 15.9 Å². The molecular weight excluding hydrogens is 280 g/mol. The lowest BCUT2D eigenvalue weighted by atomic mass is 10.1. The summed E-state index contributed by atoms with van der Waals surface area (Å²) in [5, 5.41) is 0. The van der Waals surface area contributed by atoms with E-state index in [9.17, 15) is 4.79 Å². The Hall–Kier alpha value is -1.35. The summed E-state index contributed by atoms with van der Waals surface area (Å²) in [5.41, 5.74) is 1.63. The maximum atomic E-state index is 11.8. The molecule has 0 bridgehead atoms. The number of hydrogen-bond acceptors (Lipinski definition) is 2. The Morgan fingerprint density at radius 2 is 1.94 bits per heavy atom. The quantitative estimate of drug-likeness (QED) is 0.773. The number of rotatable bonds is 3. The molecule has 88 valence electrons. The maximum absolute atomic E-state index is 11.8. The molecule has 1 aromatic carbocycles. The number of furan rings is 1. The van der Waals surface area contributed by atoms with Crippen molar-refractivity contribution in [1.29, 1.82) is 0 Å². The van der Waals surface area contributed by atoms with Gasteiger partial charge in [0.25, 0.3) is 0 Å². The van der Waals surface area contributed by atoms with Gasteiger partial charge in [0.1, 0.15) is 11.5 Å². The zero-order valence-electron chi connectivity index (χ0n) is 9.79. The van der Waals surface area contributed by atoms with Gasteiger partial charge in [-0.3, -0.25) is 4.79 Å². The third-order valence-electron chi connectivity index (χ3n) is 2.66. The summed E-state index contributed by atoms with van der Waals surface area (Å²) in [7, 11) is 0. The van der Waals surface area contributed by atoms with E-state index in [0.29, 0.717) is 17.7 Å². The van der Waals surface area contributed by atoms with Crippen LogP contribution in [-0.4, -0.2) is 5.78 Å². The van der Waals surface area contributed by atoms with Crippen molar-refractivity contribution >= 4 is 21.7 Å². The molecule has 3 heteroatoms. The minimum atomic E-state index is 0.0975. The Bertz CT molecular complexity index is 541. The van der Waals surface area contributed by atoms with Crippen LogP contribution in [-0.2, 0) is 0 Å². The monoisotopic (exact) mass is 292 g/mol. The molecule has 0 atom stereocenters. The van der Waals surface area contributed by atoms with Crippen molar-refractivity contribution in [3.05, 3.63) is 46.1 Å². The highest BCUT2D eigenvalue weighted by Gasteiger charge is 2.21. The highest BCUT2D eigenvalue weighted by atomic mass is 79.9. The van der Waals surface area contributed by atoms with Crippen LogP contribution < -0.4 is 0 Å². The zero-order chi connectivity index (χ0) is 12.4. The first kappa shape index (κ1) is 12.1. The molecule has 0 amide bonds. The molecule has 17 heavy (non-hydrogen) atoms. The summed E-state index contributed by atoms with van der Waals surface area (Å²) >= 11 is 3.47. The van der Waals surface area contributed by atoms with Crippen molar-refractivity contribution in [2.24, 2.45) is 0 Å². The molecule has 0 radical (unpaired) electrons. The van der Waals surface area contributed by atoms with Gasteiger partial charge in [0, 0.05) is 12.0 Å². The fraction of sp³-hybridized carbons (Fsp3) is 0.214. The minimum absolute atomic E-state index is 0.0975. The molecule has 0 aliphatic carbocycles. The largest absolute Gasteiger partial charge is 0.459 e. The highest BCUT2D eigenvalue weighted by Crippen LogP contribution is 2.36. The number of aryl methyl sites for hydroxylation is 1. The average Bonchev–Trinajstić information content (AvgIpc) is 2.65. The predicted molar refractivity (Wildman–Crippen MR) is 71.2 cm³/mol. The van der Waals surface area contributed by atoms with Crippen LogP contribution >= 0.6 is 15.9 Å². The number of Topliss-reactive ketones (excluding diaryl/α,β-unsaturated/α-hetero) is 1. The van der Waals surface area contributed by atoms with Gasteiger partial charge in [-0.1, -0.05) is 37.3 Å². The topological polar surface area (TPSA) is 30.2 Å². The van der Waals surface area contributed by atoms with Crippen molar-refractivity contribution in [3.63, 3.8) is 0 Å². The lowest BCUT2D eigenvalue weighted by Crippen LogP contribution is -1.97. The SMILES string of the molecule is CCC(=O)c1c(C)oc(-c2ccccc2)c1Br. The van der Waals surface area contributed by atoms with Crippen LogP contribution in [0, 0.1) is 6.92 Å². The van der Waals surface area contributed by atoms with Crippen LogP contribution in [0.2, 0.25) is 0 Å². The predicted octanol–water partition coefficient (Wildman–Crippen LogP) is 4.61. The fourth-order valence-corrected chi connectivity index (χ4v) is 2.60. The lowest BCUT2D eigenvalue weighted by molar-refractivity contribution is 0.0986. The maximum Gasteiger partial charge on any atom is 0.167 e. The smallest absolute Gasteiger partial charge is 0.167 e. The van der Waals surface area contributed by atoms with Gasteiger partial charge in [0.05, 0.1) is 10.0 Å². The van der Waals surface area contributed by atoms with Crippen LogP contribution in [0.4, 0.5) is 0 Å². The molecule has 0 N–H and O–H groups in total. The van der Waals surface area contributed by atoms with Crippen molar-refractivity contribution in [1.82, 2.24) is 0 Å². The summed E-state index contributed by atoms with van der Waals surface area (Å²) in [6.45, 7) is 3.67. The summed E-state index contributed by atoms with van der Waals surface area (Å²) in [6, 6.07) is 9.76. The van der Waals surface area contributed by atoms with Crippen molar-refractivity contribution in [2.75, 3.05) is 0 Å². The molecule has 2 rings (SSSR count). The number of halogens is 1. The Morgan fingerprint density at radius 1 is 1.29 bits per heavy atom. The van der Waals surface area contributed by atoms with Crippen LogP contribution in [0.3, 0.4) is 0 Å². The van der Waals surface area contributed by atoms with Crippen molar-refractivity contribution in [2.45, 2.75) is 20.3 Å². The molecule has 0 fully saturated rings. The number of carbonyl (C=O) groups is 1. The molecule has 0 spiro atoms. The van der Waals surface area contributed by atoms with E-state index in [1.54, 1.807) is 0 Å². The third-order valence-corrected chi connectivity index (χ3v) is 3.42. The first-order chi connectivity index (χ1) is 8.15. The van der Waals surface area contributed by atoms with E-state index in [4.69, 9.17) is 4.42 Å². The first-order valence-electron chi connectivity index (χ1n) is 5.52. The van der Waals surface area contributed by atoms with E-state index < -0.39 is 0 Å². The van der Waals surface area contributed by atoms with Crippen molar-refractivity contribution in [3.8, 4) is 11.3 Å². The van der Waals surface area contributed by atoms with Crippen molar-refractivity contribution < 1.29 is 9.21 Å². The molecule has 0 saturated heterocycles. The zero-order valence-corrected chi connectivity index (χ0v) is 11.4. The average molecular weight is 293 g/mol. The van der Waals surface area contributed by atoms with E-state index in [1.165, 1.54) is 0 Å². The number of ketones is 1. The van der Waals surface area contributed by atoms with Gasteiger partial charge in [-0.25, -0.2) is 0 Å². The Morgan fingerprint density at radius 3 is 2.53 bits per heavy atom. The second-order valence-corrected chi connectivity index (χ2v) is 4.61. The minimum Gasteiger partial charge on any atom is -0.459 e. The second-order valence-electron chi connectivity index (χ2n) is 3.82. The van der Waals surface area contributed by atoms with Gasteiger partial charge < -0.3 is 4.42 Å². The van der Waals surface area contributed by atoms with Gasteiger partial charge >= 0.3 is 0 Å². The van der Waals surface area contributed by atoms with Crippen LogP contribution in [0.5, 0.6) is 0 Å². The van der Waals surface area contributed by atoms with E-state index >= 15 is 0 Å². The summed E-state index contributed by atoms with van der Waals surface area (Å²) < 4.78 is 6.44. The van der Waals surface area contributed by atoms with Gasteiger partial charge in [0.15, 0.2) is 5.78 Å². The van der Waals surface area contributed by atoms with Crippen LogP contribution in [0.15, 0.2) is 39.2 Å². The number of benzene rings is 1. The molecule has 0 aliphatic heterocycles. The first-order valence-corrected chi connectivity index (χ1v) is 6.32. The number of carbonyl (C=O) groups excluding carboxylic acids is 1. The molecule has 0 aliphatic rings. The van der Waals surface area contributed by atoms with Crippen LogP contribution in [0.25, 0.3) is 11.3 Å². The van der Waals surface area contributed by atoms with E-state index in [-0.39, 0.29) is 5.78 Å². The highest BCUT2D eigenvalue weighted by molar-refractivity contribution is 9.10. The molecule has 1 heterocycles. The molecule has 2 nitrogen and oxygen atoms in total. The Balaban J connectivity index is 2.56. The molecule has 0 saturated carbocycles. The molecular formula is C14H13BrO2.